The van der Waals surface area contributed by atoms with E-state index in [2.05, 4.69) is 4.72 Å². The molecule has 1 atom stereocenters. The Morgan fingerprint density at radius 3 is 2.44 bits per heavy atom. The van der Waals surface area contributed by atoms with Gasteiger partial charge >= 0.3 is 6.18 Å². The number of nitrogens with one attached hydrogen (secondary N) is 1. The van der Waals surface area contributed by atoms with Crippen molar-refractivity contribution < 1.29 is 31.1 Å². The van der Waals surface area contributed by atoms with Crippen molar-refractivity contribution in [3.8, 4) is 16.9 Å². The molecule has 0 aliphatic carbocycles. The summed E-state index contributed by atoms with van der Waals surface area (Å²) in [5.41, 5.74) is 0.536. The van der Waals surface area contributed by atoms with Crippen LogP contribution in [0.3, 0.4) is 0 Å². The minimum atomic E-state index is -4.66. The van der Waals surface area contributed by atoms with E-state index in [1.807, 2.05) is 11.9 Å². The third kappa shape index (κ3) is 5.86. The van der Waals surface area contributed by atoms with Crippen LogP contribution in [0.15, 0.2) is 52.7 Å². The molecule has 1 unspecified atom stereocenters. The summed E-state index contributed by atoms with van der Waals surface area (Å²) >= 11 is 7.12. The molecule has 0 spiro atoms. The fourth-order valence-corrected chi connectivity index (χ4v) is 6.67. The van der Waals surface area contributed by atoms with Gasteiger partial charge in [-0.1, -0.05) is 35.9 Å². The lowest BCUT2D eigenvalue weighted by molar-refractivity contribution is -0.139. The lowest BCUT2D eigenvalue weighted by atomic mass is 10.1. The molecular weight excluding hydrogens is 537 g/mol. The van der Waals surface area contributed by atoms with E-state index in [0.717, 1.165) is 29.5 Å². The molecular formula is C24H22ClF3N2O4S2. The van der Waals surface area contributed by atoms with Crippen molar-refractivity contribution in [1.29, 1.82) is 0 Å². The van der Waals surface area contributed by atoms with Gasteiger partial charge in [0.05, 0.1) is 11.3 Å². The molecule has 0 radical (unpaired) electrons. The van der Waals surface area contributed by atoms with E-state index in [-0.39, 0.29) is 20.0 Å². The molecule has 12 heteroatoms. The van der Waals surface area contributed by atoms with Gasteiger partial charge in [-0.25, -0.2) is 8.42 Å². The van der Waals surface area contributed by atoms with Gasteiger partial charge in [0.2, 0.25) is 0 Å². The summed E-state index contributed by atoms with van der Waals surface area (Å²) in [4.78, 5) is 13.4. The molecule has 1 aromatic heterocycles. The lowest BCUT2D eigenvalue weighted by Crippen LogP contribution is -2.23. The number of likely N-dealkylation sites (tertiary alicyclic amines) is 1. The number of carbonyl (C=O) groups is 1. The first-order chi connectivity index (χ1) is 16.8. The molecule has 1 fully saturated rings. The predicted octanol–water partition coefficient (Wildman–Crippen LogP) is 6.17. The van der Waals surface area contributed by atoms with Crippen molar-refractivity contribution in [1.82, 2.24) is 4.90 Å². The van der Waals surface area contributed by atoms with Gasteiger partial charge in [-0.15, -0.1) is 11.3 Å². The zero-order valence-corrected chi connectivity index (χ0v) is 21.6. The number of hydrogen-bond acceptors (Lipinski definition) is 6. The molecule has 1 saturated heterocycles. The maximum atomic E-state index is 13.6. The van der Waals surface area contributed by atoms with Crippen LogP contribution in [0.25, 0.3) is 11.1 Å². The molecule has 0 bridgehead atoms. The van der Waals surface area contributed by atoms with Crippen molar-refractivity contribution in [2.24, 2.45) is 0 Å². The van der Waals surface area contributed by atoms with Crippen molar-refractivity contribution in [3.05, 3.63) is 64.0 Å². The number of thiophene rings is 1. The fraction of sp³-hybridized carbons (Fsp3) is 0.292. The van der Waals surface area contributed by atoms with Crippen LogP contribution in [0, 0.1) is 0 Å². The summed E-state index contributed by atoms with van der Waals surface area (Å²) in [5.74, 6) is -0.538. The van der Waals surface area contributed by atoms with Crippen molar-refractivity contribution in [2.75, 3.05) is 24.9 Å². The van der Waals surface area contributed by atoms with E-state index in [1.165, 1.54) is 13.0 Å². The number of benzene rings is 2. The highest BCUT2D eigenvalue weighted by atomic mass is 35.5. The Hall–Kier alpha value is -2.60. The number of ketones is 1. The molecule has 1 N–H and O–H groups in total. The largest absolute Gasteiger partial charge is 0.488 e. The number of ether oxygens (including phenoxy) is 1. The number of carbonyl (C=O) groups excluding carboxylic acids is 1. The summed E-state index contributed by atoms with van der Waals surface area (Å²) in [6.45, 7) is 2.60. The van der Waals surface area contributed by atoms with Gasteiger partial charge in [-0.05, 0) is 44.2 Å². The number of likely N-dealkylation sites (N-methyl/N-ethyl adjacent to an activating group) is 1. The van der Waals surface area contributed by atoms with Crippen molar-refractivity contribution in [2.45, 2.75) is 29.8 Å². The molecule has 2 aromatic carbocycles. The highest BCUT2D eigenvalue weighted by molar-refractivity contribution is 7.94. The predicted molar refractivity (Wildman–Crippen MR) is 134 cm³/mol. The smallest absolute Gasteiger partial charge is 0.419 e. The van der Waals surface area contributed by atoms with Gasteiger partial charge in [0, 0.05) is 30.3 Å². The quantitative estimate of drug-likeness (QED) is 0.351. The van der Waals surface area contributed by atoms with E-state index in [1.54, 1.807) is 24.3 Å². The molecule has 0 amide bonds. The number of sulfonamides is 1. The van der Waals surface area contributed by atoms with E-state index in [9.17, 15) is 26.4 Å². The first kappa shape index (κ1) is 26.5. The number of halogens is 4. The molecule has 4 rings (SSSR count). The Bertz CT molecular complexity index is 1390. The Labute approximate surface area is 215 Å². The highest BCUT2D eigenvalue weighted by Gasteiger charge is 2.36. The fourth-order valence-electron chi connectivity index (χ4n) is 3.85. The van der Waals surface area contributed by atoms with E-state index in [0.29, 0.717) is 36.2 Å². The van der Waals surface area contributed by atoms with Crippen LogP contribution in [0.1, 0.15) is 29.3 Å². The van der Waals surface area contributed by atoms with Crippen LogP contribution >= 0.6 is 22.9 Å². The maximum absolute atomic E-state index is 13.6. The summed E-state index contributed by atoms with van der Waals surface area (Å²) < 4.78 is 74.8. The normalized spacial score (nSPS) is 16.8. The molecule has 36 heavy (non-hydrogen) atoms. The van der Waals surface area contributed by atoms with Crippen LogP contribution in [-0.4, -0.2) is 45.3 Å². The van der Waals surface area contributed by atoms with Gasteiger partial charge in [0.25, 0.3) is 10.0 Å². The molecule has 3 aromatic rings. The third-order valence-electron chi connectivity index (χ3n) is 5.71. The lowest BCUT2D eigenvalue weighted by Gasteiger charge is -2.19. The SMILES string of the molecule is CC(=O)c1ccc(-c2cc(S(=O)(=O)Nc3ccc(C(F)(F)F)c(OC4CCN(C)C4)c3)sc2Cl)cc1. The van der Waals surface area contributed by atoms with Gasteiger partial charge in [0.15, 0.2) is 5.78 Å². The summed E-state index contributed by atoms with van der Waals surface area (Å²) in [7, 11) is -2.32. The Morgan fingerprint density at radius 1 is 1.17 bits per heavy atom. The number of Topliss-reactive ketones (excluding diaryl/α,β-unsaturated/α-hetero) is 1. The van der Waals surface area contributed by atoms with Crippen LogP contribution in [0.5, 0.6) is 5.75 Å². The first-order valence-electron chi connectivity index (χ1n) is 10.8. The second kappa shape index (κ2) is 10.0. The summed E-state index contributed by atoms with van der Waals surface area (Å²) in [6, 6.07) is 10.8. The zero-order valence-electron chi connectivity index (χ0n) is 19.2. The minimum absolute atomic E-state index is 0.0683. The molecule has 0 saturated carbocycles. The number of nitrogens with zero attached hydrogens (tertiary/aromatic N) is 1. The van der Waals surface area contributed by atoms with E-state index >= 15 is 0 Å². The van der Waals surface area contributed by atoms with Crippen molar-refractivity contribution in [3.63, 3.8) is 0 Å². The number of alkyl halides is 3. The van der Waals surface area contributed by atoms with Crippen LogP contribution in [0.2, 0.25) is 4.34 Å². The molecule has 1 aliphatic rings. The number of anilines is 1. The number of hydrogen-bond donors (Lipinski definition) is 1. The maximum Gasteiger partial charge on any atom is 0.419 e. The average Bonchev–Trinajstić information content (AvgIpc) is 3.38. The van der Waals surface area contributed by atoms with Gasteiger partial charge < -0.3 is 9.64 Å². The Morgan fingerprint density at radius 2 is 1.86 bits per heavy atom. The van der Waals surface area contributed by atoms with Crippen LogP contribution in [-0.2, 0) is 16.2 Å². The van der Waals surface area contributed by atoms with Crippen molar-refractivity contribution >= 4 is 44.4 Å². The molecule has 6 nitrogen and oxygen atoms in total. The Balaban J connectivity index is 1.61. The average molecular weight is 559 g/mol. The van der Waals surface area contributed by atoms with Gasteiger partial charge in [0.1, 0.15) is 20.4 Å². The second-order valence-corrected chi connectivity index (χ2v) is 12.1. The van der Waals surface area contributed by atoms with Gasteiger partial charge in [-0.3, -0.25) is 9.52 Å². The minimum Gasteiger partial charge on any atom is -0.488 e. The molecule has 2 heterocycles. The third-order valence-corrected chi connectivity index (χ3v) is 8.93. The van der Waals surface area contributed by atoms with E-state index in [4.69, 9.17) is 16.3 Å². The second-order valence-electron chi connectivity index (χ2n) is 8.49. The standard InChI is InChI=1S/C24H22ClF3N2O4S2/c1-14(31)15-3-5-16(6-4-15)19-12-22(35-23(19)25)36(32,33)29-17-7-8-20(24(26,27)28)21(11-17)34-18-9-10-30(2)13-18/h3-8,11-12,18,29H,9-10,13H2,1-2H3. The molecule has 192 valence electrons. The van der Waals surface area contributed by atoms with E-state index < -0.39 is 33.6 Å². The highest BCUT2D eigenvalue weighted by Crippen LogP contribution is 2.41. The summed E-state index contributed by atoms with van der Waals surface area (Å²) in [5, 5.41) is 0. The Kier molecular flexibility index (Phi) is 7.38. The first-order valence-corrected chi connectivity index (χ1v) is 13.5. The van der Waals surface area contributed by atoms with Gasteiger partial charge in [-0.2, -0.15) is 13.2 Å². The van der Waals surface area contributed by atoms with Crippen LogP contribution < -0.4 is 9.46 Å². The number of rotatable bonds is 7. The zero-order chi connectivity index (χ0) is 26.3. The van der Waals surface area contributed by atoms with Crippen LogP contribution in [0.4, 0.5) is 18.9 Å². The topological polar surface area (TPSA) is 75.7 Å². The monoisotopic (exact) mass is 558 g/mol. The molecule has 1 aliphatic heterocycles. The summed E-state index contributed by atoms with van der Waals surface area (Å²) in [6.07, 6.45) is -4.53.